The van der Waals surface area contributed by atoms with Crippen LogP contribution in [0.4, 0.5) is 4.79 Å². The van der Waals surface area contributed by atoms with Gasteiger partial charge in [-0.2, -0.15) is 0 Å². The van der Waals surface area contributed by atoms with Gasteiger partial charge in [0.05, 0.1) is 73.2 Å². The number of amides is 5. The second-order valence-corrected chi connectivity index (χ2v) is 19.8. The van der Waals surface area contributed by atoms with Crippen molar-refractivity contribution in [2.75, 3.05) is 73.2 Å². The molecular formula is C44H65N5O18. The highest BCUT2D eigenvalue weighted by molar-refractivity contribution is 6.02. The first-order chi connectivity index (χ1) is 31.0. The molecule has 0 atom stereocenters. The van der Waals surface area contributed by atoms with Gasteiger partial charge in [0, 0.05) is 0 Å². The Kier molecular flexibility index (Phi) is 14.5. The Labute approximate surface area is 388 Å². The average molecular weight is 952 g/mol. The number of hydrogen-bond donors (Lipinski definition) is 5. The number of carbonyl (C=O) groups excluding carboxylic acids is 6. The zero-order valence-corrected chi connectivity index (χ0v) is 40.0. The summed E-state index contributed by atoms with van der Waals surface area (Å²) in [5.41, 5.74) is -9.52. The van der Waals surface area contributed by atoms with Crippen LogP contribution in [-0.2, 0) is 87.4 Å². The van der Waals surface area contributed by atoms with Crippen molar-refractivity contribution in [1.29, 1.82) is 0 Å². The van der Waals surface area contributed by atoms with Crippen LogP contribution in [-0.4, -0.2) is 166 Å². The standard InChI is InChI=1S/C44H65N5O18/c1-35(2)58-18-40(19-59-35,29(50)46-42(22-62-37(5,6)63-23-42)31(52)48-44(33(54)56-11)26-66-39(9,10)67-27-44)45-30(51)41(20-60-36(3,4)61-21-41)47-32(53)43(24-64-38(7,8)65-25-43)49-34(55)57-17-28-15-13-12-14-16-28/h12-16H,17-27H2,1-11H3,(H,45,51)(H,46,50)(H,47,53)(H,48,52)(H,49,55). The molecule has 0 aromatic heterocycles. The molecule has 23 heteroatoms. The van der Waals surface area contributed by atoms with Crippen molar-refractivity contribution in [3.8, 4) is 0 Å². The Morgan fingerprint density at radius 2 is 0.672 bits per heavy atom. The topological polar surface area (TPSA) is 273 Å². The first-order valence-corrected chi connectivity index (χ1v) is 21.8. The van der Waals surface area contributed by atoms with Crippen LogP contribution in [0, 0.1) is 0 Å². The summed E-state index contributed by atoms with van der Waals surface area (Å²) < 4.78 is 69.6. The Morgan fingerprint density at radius 1 is 0.418 bits per heavy atom. The third kappa shape index (κ3) is 11.8. The van der Waals surface area contributed by atoms with E-state index in [4.69, 9.17) is 56.8 Å². The number of methoxy groups -OCH3 is 1. The minimum atomic E-state index is -2.16. The first kappa shape index (κ1) is 51.8. The van der Waals surface area contributed by atoms with Crippen molar-refractivity contribution in [3.05, 3.63) is 35.9 Å². The molecule has 5 saturated heterocycles. The number of ether oxygens (including phenoxy) is 12. The van der Waals surface area contributed by atoms with Gasteiger partial charge in [-0.15, -0.1) is 0 Å². The fraction of sp³-hybridized carbons (Fsp3) is 0.727. The van der Waals surface area contributed by atoms with E-state index in [-0.39, 0.29) is 19.8 Å². The predicted molar refractivity (Wildman–Crippen MR) is 228 cm³/mol. The monoisotopic (exact) mass is 951 g/mol. The molecule has 1 aromatic rings. The summed E-state index contributed by atoms with van der Waals surface area (Å²) in [5.74, 6) is -10.8. The van der Waals surface area contributed by atoms with Crippen molar-refractivity contribution in [2.24, 2.45) is 0 Å². The highest BCUT2D eigenvalue weighted by atomic mass is 16.7. The van der Waals surface area contributed by atoms with E-state index in [1.807, 2.05) is 0 Å². The van der Waals surface area contributed by atoms with E-state index < -0.39 is 145 Å². The third-order valence-corrected chi connectivity index (χ3v) is 11.9. The van der Waals surface area contributed by atoms with Gasteiger partial charge in [-0.05, 0) is 74.8 Å². The van der Waals surface area contributed by atoms with Gasteiger partial charge < -0.3 is 83.4 Å². The van der Waals surface area contributed by atoms with Crippen LogP contribution in [0.5, 0.6) is 0 Å². The molecule has 5 fully saturated rings. The maximum absolute atomic E-state index is 15.1. The normalized spacial score (nSPS) is 25.7. The zero-order valence-electron chi connectivity index (χ0n) is 40.0. The number of hydrogen-bond acceptors (Lipinski definition) is 18. The van der Waals surface area contributed by atoms with E-state index in [0.717, 1.165) is 7.11 Å². The molecule has 5 amide bonds. The van der Waals surface area contributed by atoms with Crippen molar-refractivity contribution in [1.82, 2.24) is 26.6 Å². The first-order valence-electron chi connectivity index (χ1n) is 21.8. The maximum atomic E-state index is 15.1. The molecule has 0 saturated carbocycles. The Morgan fingerprint density at radius 3 is 0.955 bits per heavy atom. The van der Waals surface area contributed by atoms with Gasteiger partial charge in [0.15, 0.2) is 56.6 Å². The quantitative estimate of drug-likeness (QED) is 0.175. The summed E-state index contributed by atoms with van der Waals surface area (Å²) in [6, 6.07) is 8.86. The molecule has 0 unspecified atom stereocenters. The van der Waals surface area contributed by atoms with E-state index in [1.54, 1.807) is 99.6 Å². The highest BCUT2D eigenvalue weighted by Gasteiger charge is 2.60. The molecule has 6 rings (SSSR count). The molecule has 5 aliphatic heterocycles. The molecule has 23 nitrogen and oxygen atoms in total. The Hall–Kier alpha value is -4.56. The van der Waals surface area contributed by atoms with Crippen LogP contribution >= 0.6 is 0 Å². The SMILES string of the molecule is COC(=O)C1(NC(=O)C2(NC(=O)C3(NC(=O)C4(NC(=O)C5(NC(=O)OCc6ccccc6)COC(C)(C)OC5)COC(C)(C)OC4)COC(C)(C)OC3)COC(C)(C)OC2)COC(C)(C)OC1. The zero-order chi connectivity index (χ0) is 49.4. The van der Waals surface area contributed by atoms with Crippen LogP contribution in [0.25, 0.3) is 0 Å². The second-order valence-electron chi connectivity index (χ2n) is 19.8. The van der Waals surface area contributed by atoms with Crippen molar-refractivity contribution in [2.45, 2.75) is 132 Å². The maximum Gasteiger partial charge on any atom is 0.408 e. The number of benzene rings is 1. The van der Waals surface area contributed by atoms with Crippen molar-refractivity contribution < 1.29 is 85.6 Å². The summed E-state index contributed by atoms with van der Waals surface area (Å²) in [6.07, 6.45) is -0.988. The van der Waals surface area contributed by atoms with Crippen LogP contribution in [0.1, 0.15) is 74.8 Å². The molecule has 5 heterocycles. The lowest BCUT2D eigenvalue weighted by molar-refractivity contribution is -0.279. The summed E-state index contributed by atoms with van der Waals surface area (Å²) in [7, 11) is 1.13. The predicted octanol–water partition coefficient (Wildman–Crippen LogP) is 0.159. The summed E-state index contributed by atoms with van der Waals surface area (Å²) in [5, 5.41) is 13.4. The number of carbonyl (C=O) groups is 6. The van der Waals surface area contributed by atoms with Crippen LogP contribution < -0.4 is 26.6 Å². The van der Waals surface area contributed by atoms with Gasteiger partial charge in [-0.25, -0.2) is 9.59 Å². The van der Waals surface area contributed by atoms with Crippen LogP contribution in [0.3, 0.4) is 0 Å². The lowest BCUT2D eigenvalue weighted by atomic mass is 9.89. The summed E-state index contributed by atoms with van der Waals surface area (Å²) in [6.45, 7) is 11.4. The lowest BCUT2D eigenvalue weighted by Crippen LogP contribution is -2.80. The van der Waals surface area contributed by atoms with E-state index in [0.29, 0.717) is 5.56 Å². The molecule has 5 aliphatic rings. The van der Waals surface area contributed by atoms with E-state index in [9.17, 15) is 19.2 Å². The summed E-state index contributed by atoms with van der Waals surface area (Å²) >= 11 is 0. The molecule has 0 radical (unpaired) electrons. The third-order valence-electron chi connectivity index (χ3n) is 11.9. The molecule has 0 aliphatic carbocycles. The summed E-state index contributed by atoms with van der Waals surface area (Å²) in [4.78, 5) is 86.1. The lowest BCUT2D eigenvalue weighted by Gasteiger charge is -2.49. The number of alkyl carbamates (subject to hydrolysis) is 1. The average Bonchev–Trinajstić information content (AvgIpc) is 3.27. The Bertz CT molecular complexity index is 1990. The van der Waals surface area contributed by atoms with Gasteiger partial charge in [0.1, 0.15) is 6.61 Å². The minimum Gasteiger partial charge on any atom is -0.467 e. The molecule has 67 heavy (non-hydrogen) atoms. The van der Waals surface area contributed by atoms with E-state index in [2.05, 4.69) is 26.6 Å². The number of esters is 1. The second kappa shape index (κ2) is 18.7. The van der Waals surface area contributed by atoms with Gasteiger partial charge in [-0.3, -0.25) is 19.2 Å². The minimum absolute atomic E-state index is 0.127. The molecular weight excluding hydrogens is 887 g/mol. The van der Waals surface area contributed by atoms with Gasteiger partial charge >= 0.3 is 12.1 Å². The molecule has 374 valence electrons. The van der Waals surface area contributed by atoms with Crippen molar-refractivity contribution >= 4 is 35.7 Å². The van der Waals surface area contributed by atoms with E-state index >= 15 is 9.59 Å². The van der Waals surface area contributed by atoms with Gasteiger partial charge in [0.25, 0.3) is 23.6 Å². The van der Waals surface area contributed by atoms with Crippen molar-refractivity contribution in [3.63, 3.8) is 0 Å². The van der Waals surface area contributed by atoms with Gasteiger partial charge in [-0.1, -0.05) is 30.3 Å². The fourth-order valence-corrected chi connectivity index (χ4v) is 7.17. The van der Waals surface area contributed by atoms with Gasteiger partial charge in [0.2, 0.25) is 0 Å². The number of rotatable bonds is 12. The molecule has 0 bridgehead atoms. The fourth-order valence-electron chi connectivity index (χ4n) is 7.17. The highest BCUT2D eigenvalue weighted by Crippen LogP contribution is 2.33. The molecule has 5 N–H and O–H groups in total. The smallest absolute Gasteiger partial charge is 0.408 e. The van der Waals surface area contributed by atoms with Crippen LogP contribution in [0.15, 0.2) is 30.3 Å². The number of nitrogens with one attached hydrogen (secondary N) is 5. The van der Waals surface area contributed by atoms with Crippen LogP contribution in [0.2, 0.25) is 0 Å². The molecule has 0 spiro atoms. The largest absolute Gasteiger partial charge is 0.467 e. The Balaban J connectivity index is 1.31. The van der Waals surface area contributed by atoms with E-state index in [1.165, 1.54) is 0 Å². The molecule has 1 aromatic carbocycles.